The van der Waals surface area contributed by atoms with Gasteiger partial charge in [-0.05, 0) is 39.1 Å². The molecule has 0 saturated heterocycles. The molecule has 1 amide bonds. The molecule has 0 radical (unpaired) electrons. The van der Waals surface area contributed by atoms with Gasteiger partial charge in [-0.2, -0.15) is 0 Å². The Morgan fingerprint density at radius 1 is 1.20 bits per heavy atom. The summed E-state index contributed by atoms with van der Waals surface area (Å²) in [5, 5.41) is 0. The Hall–Kier alpha value is -1.39. The van der Waals surface area contributed by atoms with Crippen LogP contribution < -0.4 is 5.73 Å². The van der Waals surface area contributed by atoms with Crippen LogP contribution in [-0.2, 0) is 17.8 Å². The van der Waals surface area contributed by atoms with E-state index in [1.165, 1.54) is 0 Å². The summed E-state index contributed by atoms with van der Waals surface area (Å²) in [5.74, 6) is 0.183. The van der Waals surface area contributed by atoms with Gasteiger partial charge in [0, 0.05) is 25.7 Å². The highest BCUT2D eigenvalue weighted by molar-refractivity contribution is 5.79. The highest BCUT2D eigenvalue weighted by Crippen LogP contribution is 2.09. The predicted molar refractivity (Wildman–Crippen MR) is 83.4 cm³/mol. The number of benzene rings is 1. The Balaban J connectivity index is 2.66. The van der Waals surface area contributed by atoms with Crippen molar-refractivity contribution in [2.45, 2.75) is 32.9 Å². The highest BCUT2D eigenvalue weighted by atomic mass is 16.2. The molecule has 1 unspecified atom stereocenters. The van der Waals surface area contributed by atoms with Crippen molar-refractivity contribution in [3.63, 3.8) is 0 Å². The molecule has 1 rings (SSSR count). The average Bonchev–Trinajstić information content (AvgIpc) is 2.39. The van der Waals surface area contributed by atoms with E-state index in [-0.39, 0.29) is 11.9 Å². The van der Waals surface area contributed by atoms with Crippen LogP contribution in [0, 0.1) is 0 Å². The van der Waals surface area contributed by atoms with E-state index in [0.29, 0.717) is 13.0 Å². The molecule has 0 fully saturated rings. The first-order valence-electron chi connectivity index (χ1n) is 7.20. The van der Waals surface area contributed by atoms with Crippen LogP contribution in [0.2, 0.25) is 0 Å². The Bertz CT molecular complexity index is 414. The molecule has 0 aliphatic heterocycles. The van der Waals surface area contributed by atoms with Crippen LogP contribution in [-0.4, -0.2) is 48.9 Å². The average molecular weight is 277 g/mol. The molecule has 20 heavy (non-hydrogen) atoms. The Morgan fingerprint density at radius 3 is 2.20 bits per heavy atom. The number of likely N-dealkylation sites (N-methyl/N-ethyl adjacent to an activating group) is 2. The molecule has 0 heterocycles. The van der Waals surface area contributed by atoms with E-state index in [2.05, 4.69) is 11.8 Å². The maximum absolute atomic E-state index is 12.4. The summed E-state index contributed by atoms with van der Waals surface area (Å²) in [6.07, 6.45) is 0.455. The molecule has 4 heteroatoms. The van der Waals surface area contributed by atoms with Crippen molar-refractivity contribution < 1.29 is 4.79 Å². The van der Waals surface area contributed by atoms with Crippen LogP contribution >= 0.6 is 0 Å². The van der Waals surface area contributed by atoms with Crippen LogP contribution in [0.3, 0.4) is 0 Å². The minimum Gasteiger partial charge on any atom is -0.339 e. The van der Waals surface area contributed by atoms with Gasteiger partial charge >= 0.3 is 0 Å². The van der Waals surface area contributed by atoms with E-state index in [1.807, 2.05) is 50.2 Å². The lowest BCUT2D eigenvalue weighted by Gasteiger charge is -2.30. The fourth-order valence-corrected chi connectivity index (χ4v) is 2.43. The summed E-state index contributed by atoms with van der Waals surface area (Å²) < 4.78 is 0. The molecule has 112 valence electrons. The van der Waals surface area contributed by atoms with Crippen molar-refractivity contribution in [2.75, 3.05) is 27.2 Å². The fourth-order valence-electron chi connectivity index (χ4n) is 2.43. The first-order chi connectivity index (χ1) is 9.47. The number of hydrogen-bond donors (Lipinski definition) is 1. The van der Waals surface area contributed by atoms with Gasteiger partial charge in [-0.1, -0.05) is 24.3 Å². The highest BCUT2D eigenvalue weighted by Gasteiger charge is 2.18. The SMILES string of the molecule is CCN(C(=O)Cc1ccc(CN)cc1)C(C)CN(C)C. The quantitative estimate of drug-likeness (QED) is 0.821. The lowest BCUT2D eigenvalue weighted by molar-refractivity contribution is -0.132. The maximum Gasteiger partial charge on any atom is 0.227 e. The van der Waals surface area contributed by atoms with E-state index in [4.69, 9.17) is 5.73 Å². The molecular formula is C16H27N3O. The zero-order chi connectivity index (χ0) is 15.1. The van der Waals surface area contributed by atoms with E-state index in [0.717, 1.165) is 24.2 Å². The van der Waals surface area contributed by atoms with Gasteiger partial charge < -0.3 is 15.5 Å². The van der Waals surface area contributed by atoms with Gasteiger partial charge in [-0.25, -0.2) is 0 Å². The van der Waals surface area contributed by atoms with Crippen LogP contribution in [0.1, 0.15) is 25.0 Å². The molecule has 1 aromatic carbocycles. The number of nitrogens with zero attached hydrogens (tertiary/aromatic N) is 2. The summed E-state index contributed by atoms with van der Waals surface area (Å²) in [4.78, 5) is 16.5. The van der Waals surface area contributed by atoms with Crippen molar-refractivity contribution in [3.05, 3.63) is 35.4 Å². The van der Waals surface area contributed by atoms with E-state index >= 15 is 0 Å². The molecule has 0 aromatic heterocycles. The third kappa shape index (κ3) is 4.94. The normalized spacial score (nSPS) is 12.5. The molecule has 0 aliphatic rings. The number of nitrogens with two attached hydrogens (primary N) is 1. The van der Waals surface area contributed by atoms with E-state index < -0.39 is 0 Å². The van der Waals surface area contributed by atoms with Crippen molar-refractivity contribution >= 4 is 5.91 Å². The lowest BCUT2D eigenvalue weighted by Crippen LogP contribution is -2.44. The molecular weight excluding hydrogens is 250 g/mol. The van der Waals surface area contributed by atoms with Crippen molar-refractivity contribution in [3.8, 4) is 0 Å². The van der Waals surface area contributed by atoms with Crippen LogP contribution in [0.15, 0.2) is 24.3 Å². The second-order valence-corrected chi connectivity index (χ2v) is 5.49. The maximum atomic E-state index is 12.4. The summed E-state index contributed by atoms with van der Waals surface area (Å²) >= 11 is 0. The van der Waals surface area contributed by atoms with Gasteiger partial charge in [0.2, 0.25) is 5.91 Å². The third-order valence-electron chi connectivity index (χ3n) is 3.44. The van der Waals surface area contributed by atoms with Crippen LogP contribution in [0.25, 0.3) is 0 Å². The largest absolute Gasteiger partial charge is 0.339 e. The number of amides is 1. The van der Waals surface area contributed by atoms with E-state index in [9.17, 15) is 4.79 Å². The number of carbonyl (C=O) groups is 1. The molecule has 0 aliphatic carbocycles. The first kappa shape index (κ1) is 16.7. The lowest BCUT2D eigenvalue weighted by atomic mass is 10.1. The minimum atomic E-state index is 0.183. The minimum absolute atomic E-state index is 0.183. The molecule has 2 N–H and O–H groups in total. The summed E-state index contributed by atoms with van der Waals surface area (Å²) in [5.41, 5.74) is 7.71. The fraction of sp³-hybridized carbons (Fsp3) is 0.562. The Morgan fingerprint density at radius 2 is 1.75 bits per heavy atom. The second-order valence-electron chi connectivity index (χ2n) is 5.49. The standard InChI is InChI=1S/C16H27N3O/c1-5-19(13(2)12-18(3)4)16(20)10-14-6-8-15(11-17)9-7-14/h6-9,13H,5,10-12,17H2,1-4H3. The number of hydrogen-bond acceptors (Lipinski definition) is 3. The van der Waals surface area contributed by atoms with Crippen molar-refractivity contribution in [1.82, 2.24) is 9.80 Å². The van der Waals surface area contributed by atoms with Crippen molar-refractivity contribution in [1.29, 1.82) is 0 Å². The topological polar surface area (TPSA) is 49.6 Å². The molecule has 0 bridgehead atoms. The smallest absolute Gasteiger partial charge is 0.227 e. The van der Waals surface area contributed by atoms with Gasteiger partial charge in [0.15, 0.2) is 0 Å². The molecule has 0 saturated carbocycles. The predicted octanol–water partition coefficient (Wildman–Crippen LogP) is 1.49. The molecule has 1 aromatic rings. The van der Waals surface area contributed by atoms with Crippen LogP contribution in [0.4, 0.5) is 0 Å². The summed E-state index contributed by atoms with van der Waals surface area (Å²) in [7, 11) is 4.06. The molecule has 4 nitrogen and oxygen atoms in total. The van der Waals surface area contributed by atoms with Crippen LogP contribution in [0.5, 0.6) is 0 Å². The molecule has 1 atom stereocenters. The summed E-state index contributed by atoms with van der Waals surface area (Å²) in [6, 6.07) is 8.19. The van der Waals surface area contributed by atoms with Gasteiger partial charge in [0.05, 0.1) is 6.42 Å². The summed E-state index contributed by atoms with van der Waals surface area (Å²) in [6.45, 7) is 6.29. The Labute approximate surface area is 122 Å². The Kier molecular flexibility index (Phi) is 6.68. The molecule has 0 spiro atoms. The number of rotatable bonds is 7. The van der Waals surface area contributed by atoms with Crippen molar-refractivity contribution in [2.24, 2.45) is 5.73 Å². The zero-order valence-electron chi connectivity index (χ0n) is 13.1. The monoisotopic (exact) mass is 277 g/mol. The zero-order valence-corrected chi connectivity index (χ0v) is 13.1. The van der Waals surface area contributed by atoms with Gasteiger partial charge in [0.25, 0.3) is 0 Å². The second kappa shape index (κ2) is 8.02. The van der Waals surface area contributed by atoms with Gasteiger partial charge in [-0.3, -0.25) is 4.79 Å². The van der Waals surface area contributed by atoms with E-state index in [1.54, 1.807) is 0 Å². The third-order valence-corrected chi connectivity index (χ3v) is 3.44. The first-order valence-corrected chi connectivity index (χ1v) is 7.20. The van der Waals surface area contributed by atoms with Gasteiger partial charge in [-0.15, -0.1) is 0 Å². The number of carbonyl (C=O) groups excluding carboxylic acids is 1. The van der Waals surface area contributed by atoms with Gasteiger partial charge in [0.1, 0.15) is 0 Å².